The van der Waals surface area contributed by atoms with Crippen molar-refractivity contribution in [2.24, 2.45) is 0 Å². The molecule has 0 saturated carbocycles. The van der Waals surface area contributed by atoms with Crippen LogP contribution >= 0.6 is 15.9 Å². The normalized spacial score (nSPS) is 10.4. The van der Waals surface area contributed by atoms with E-state index in [0.717, 1.165) is 12.1 Å². The van der Waals surface area contributed by atoms with E-state index in [9.17, 15) is 13.2 Å². The summed E-state index contributed by atoms with van der Waals surface area (Å²) in [6, 6.07) is 7.61. The zero-order valence-electron chi connectivity index (χ0n) is 9.09. The van der Waals surface area contributed by atoms with E-state index < -0.39 is 17.5 Å². The van der Waals surface area contributed by atoms with Crippen LogP contribution in [-0.4, -0.2) is 0 Å². The number of halogens is 4. The van der Waals surface area contributed by atoms with Gasteiger partial charge in [-0.3, -0.25) is 0 Å². The van der Waals surface area contributed by atoms with Crippen molar-refractivity contribution in [1.82, 2.24) is 0 Å². The molecule has 0 unspecified atom stereocenters. The second-order valence-electron chi connectivity index (χ2n) is 3.56. The van der Waals surface area contributed by atoms with Gasteiger partial charge < -0.3 is 4.74 Å². The average Bonchev–Trinajstić information content (AvgIpc) is 2.33. The monoisotopic (exact) mass is 316 g/mol. The number of hydrogen-bond acceptors (Lipinski definition) is 1. The molecule has 0 atom stereocenters. The summed E-state index contributed by atoms with van der Waals surface area (Å²) in [6.07, 6.45) is 0. The van der Waals surface area contributed by atoms with Gasteiger partial charge in [-0.15, -0.1) is 0 Å². The molecule has 94 valence electrons. The molecule has 2 aromatic rings. The lowest BCUT2D eigenvalue weighted by molar-refractivity contribution is 0.278. The highest BCUT2D eigenvalue weighted by molar-refractivity contribution is 9.10. The highest BCUT2D eigenvalue weighted by Crippen LogP contribution is 2.24. The van der Waals surface area contributed by atoms with Gasteiger partial charge in [0.25, 0.3) is 0 Å². The third-order valence-corrected chi connectivity index (χ3v) is 2.82. The van der Waals surface area contributed by atoms with Crippen LogP contribution in [0.2, 0.25) is 0 Å². The van der Waals surface area contributed by atoms with Crippen molar-refractivity contribution >= 4 is 15.9 Å². The van der Waals surface area contributed by atoms with Gasteiger partial charge in [-0.25, -0.2) is 13.2 Å². The molecular weight excluding hydrogens is 309 g/mol. The summed E-state index contributed by atoms with van der Waals surface area (Å²) in [5.74, 6) is -2.09. The third-order valence-electron chi connectivity index (χ3n) is 2.33. The molecule has 0 spiro atoms. The second-order valence-corrected chi connectivity index (χ2v) is 4.48. The van der Waals surface area contributed by atoms with Gasteiger partial charge in [0.2, 0.25) is 0 Å². The molecule has 2 aromatic carbocycles. The summed E-state index contributed by atoms with van der Waals surface area (Å²) >= 11 is 3.16. The Labute approximate surface area is 110 Å². The Bertz CT molecular complexity index is 552. The summed E-state index contributed by atoms with van der Waals surface area (Å²) in [5.41, 5.74) is -0.225. The number of benzene rings is 2. The standard InChI is InChI=1S/C13H8BrF3O/c14-8-4-5-12(17)13(6-8)18-7-9-10(15)2-1-3-11(9)16/h1-6H,7H2. The molecular formula is C13H8BrF3O. The van der Waals surface area contributed by atoms with Crippen LogP contribution < -0.4 is 4.74 Å². The molecule has 0 aliphatic carbocycles. The van der Waals surface area contributed by atoms with E-state index in [1.807, 2.05) is 0 Å². The van der Waals surface area contributed by atoms with Gasteiger partial charge in [0.1, 0.15) is 18.2 Å². The fourth-order valence-electron chi connectivity index (χ4n) is 1.41. The van der Waals surface area contributed by atoms with Crippen molar-refractivity contribution in [3.8, 4) is 5.75 Å². The maximum Gasteiger partial charge on any atom is 0.165 e. The smallest absolute Gasteiger partial charge is 0.165 e. The Hall–Kier alpha value is -1.49. The van der Waals surface area contributed by atoms with Crippen molar-refractivity contribution in [2.75, 3.05) is 0 Å². The maximum atomic E-state index is 13.3. The van der Waals surface area contributed by atoms with Gasteiger partial charge >= 0.3 is 0 Å². The van der Waals surface area contributed by atoms with Crippen LogP contribution in [0.25, 0.3) is 0 Å². The first kappa shape index (κ1) is 13.0. The van der Waals surface area contributed by atoms with Gasteiger partial charge in [-0.2, -0.15) is 0 Å². The SMILES string of the molecule is Fc1ccc(Br)cc1OCc1c(F)cccc1F. The summed E-state index contributed by atoms with van der Waals surface area (Å²) in [7, 11) is 0. The second kappa shape index (κ2) is 5.44. The average molecular weight is 317 g/mol. The number of hydrogen-bond donors (Lipinski definition) is 0. The van der Waals surface area contributed by atoms with Gasteiger partial charge in [0.15, 0.2) is 11.6 Å². The minimum atomic E-state index is -0.717. The van der Waals surface area contributed by atoms with Crippen molar-refractivity contribution in [2.45, 2.75) is 6.61 Å². The minimum absolute atomic E-state index is 0.0629. The van der Waals surface area contributed by atoms with Crippen LogP contribution in [-0.2, 0) is 6.61 Å². The van der Waals surface area contributed by atoms with Crippen LogP contribution in [0.4, 0.5) is 13.2 Å². The van der Waals surface area contributed by atoms with Crippen molar-refractivity contribution in [3.63, 3.8) is 0 Å². The molecule has 0 fully saturated rings. The van der Waals surface area contributed by atoms with E-state index in [4.69, 9.17) is 4.74 Å². The van der Waals surface area contributed by atoms with E-state index in [1.165, 1.54) is 24.3 Å². The molecule has 0 bridgehead atoms. The maximum absolute atomic E-state index is 13.3. The Balaban J connectivity index is 2.19. The summed E-state index contributed by atoms with van der Waals surface area (Å²) in [5, 5.41) is 0. The first-order valence-electron chi connectivity index (χ1n) is 5.08. The lowest BCUT2D eigenvalue weighted by atomic mass is 10.2. The first-order chi connectivity index (χ1) is 8.58. The van der Waals surface area contributed by atoms with Crippen LogP contribution in [0.15, 0.2) is 40.9 Å². The Morgan fingerprint density at radius 1 is 0.944 bits per heavy atom. The Kier molecular flexibility index (Phi) is 3.91. The minimum Gasteiger partial charge on any atom is -0.486 e. The molecule has 0 heterocycles. The number of ether oxygens (including phenoxy) is 1. The number of rotatable bonds is 3. The highest BCUT2D eigenvalue weighted by atomic mass is 79.9. The summed E-state index contributed by atoms with van der Waals surface area (Å²) in [4.78, 5) is 0. The summed E-state index contributed by atoms with van der Waals surface area (Å²) in [6.45, 7) is -0.369. The molecule has 18 heavy (non-hydrogen) atoms. The van der Waals surface area contributed by atoms with Crippen molar-refractivity contribution in [3.05, 3.63) is 63.9 Å². The van der Waals surface area contributed by atoms with Crippen LogP contribution in [0.1, 0.15) is 5.56 Å². The van der Waals surface area contributed by atoms with Gasteiger partial charge in [-0.05, 0) is 30.3 Å². The first-order valence-corrected chi connectivity index (χ1v) is 5.88. The van der Waals surface area contributed by atoms with E-state index in [-0.39, 0.29) is 17.9 Å². The third kappa shape index (κ3) is 2.85. The topological polar surface area (TPSA) is 9.23 Å². The highest BCUT2D eigenvalue weighted by Gasteiger charge is 2.11. The predicted octanol–water partition coefficient (Wildman–Crippen LogP) is 4.45. The van der Waals surface area contributed by atoms with Crippen molar-refractivity contribution < 1.29 is 17.9 Å². The predicted molar refractivity (Wildman–Crippen MR) is 64.8 cm³/mol. The van der Waals surface area contributed by atoms with E-state index in [2.05, 4.69) is 15.9 Å². The van der Waals surface area contributed by atoms with Crippen LogP contribution in [0.3, 0.4) is 0 Å². The molecule has 0 saturated heterocycles. The van der Waals surface area contributed by atoms with E-state index >= 15 is 0 Å². The van der Waals surface area contributed by atoms with Crippen LogP contribution in [0, 0.1) is 17.5 Å². The summed E-state index contributed by atoms with van der Waals surface area (Å²) < 4.78 is 45.7. The molecule has 2 rings (SSSR count). The largest absolute Gasteiger partial charge is 0.486 e. The quantitative estimate of drug-likeness (QED) is 0.813. The van der Waals surface area contributed by atoms with Gasteiger partial charge in [0.05, 0.1) is 5.56 Å². The molecule has 5 heteroatoms. The molecule has 0 aliphatic heterocycles. The molecule has 1 nitrogen and oxygen atoms in total. The Morgan fingerprint density at radius 3 is 2.28 bits per heavy atom. The fraction of sp³-hybridized carbons (Fsp3) is 0.0769. The molecule has 0 radical (unpaired) electrons. The zero-order chi connectivity index (χ0) is 13.1. The van der Waals surface area contributed by atoms with Gasteiger partial charge in [-0.1, -0.05) is 22.0 Å². The molecule has 0 aromatic heterocycles. The van der Waals surface area contributed by atoms with E-state index in [0.29, 0.717) is 4.47 Å². The molecule has 0 amide bonds. The zero-order valence-corrected chi connectivity index (χ0v) is 10.7. The van der Waals surface area contributed by atoms with Crippen LogP contribution in [0.5, 0.6) is 5.75 Å². The lowest BCUT2D eigenvalue weighted by Gasteiger charge is -2.09. The van der Waals surface area contributed by atoms with E-state index in [1.54, 1.807) is 0 Å². The fourth-order valence-corrected chi connectivity index (χ4v) is 1.75. The van der Waals surface area contributed by atoms with Gasteiger partial charge in [0, 0.05) is 4.47 Å². The Morgan fingerprint density at radius 2 is 1.61 bits per heavy atom. The lowest BCUT2D eigenvalue weighted by Crippen LogP contribution is -2.02. The van der Waals surface area contributed by atoms with Crippen molar-refractivity contribution in [1.29, 1.82) is 0 Å². The molecule has 0 aliphatic rings. The molecule has 0 N–H and O–H groups in total.